The number of amides is 4. The van der Waals surface area contributed by atoms with Gasteiger partial charge in [-0.3, -0.25) is 28.0 Å². The van der Waals surface area contributed by atoms with Gasteiger partial charge < -0.3 is 33.8 Å². The number of carbonyl (C=O) groups is 4. The zero-order chi connectivity index (χ0) is 88.5. The van der Waals surface area contributed by atoms with E-state index in [0.29, 0.717) is 136 Å². The Kier molecular flexibility index (Phi) is 23.2. The number of nitrogens with zero attached hydrogens (tertiary/aromatic N) is 19. The Morgan fingerprint density at radius 2 is 0.794 bits per heavy atom. The minimum Gasteiger partial charge on any atom is -0.405 e. The van der Waals surface area contributed by atoms with Gasteiger partial charge in [-0.2, -0.15) is 31.9 Å². The molecule has 12 aromatic rings. The van der Waals surface area contributed by atoms with Crippen molar-refractivity contribution in [3.8, 4) is 17.2 Å². The second kappa shape index (κ2) is 34.1. The molecule has 0 bridgehead atoms. The van der Waals surface area contributed by atoms with Gasteiger partial charge in [0, 0.05) is 107 Å². The lowest BCUT2D eigenvalue weighted by Gasteiger charge is -2.25. The van der Waals surface area contributed by atoms with Gasteiger partial charge in [0.25, 0.3) is 41.0 Å². The van der Waals surface area contributed by atoms with Crippen molar-refractivity contribution in [2.75, 3.05) is 52.4 Å². The number of para-hydroxylation sites is 3. The van der Waals surface area contributed by atoms with Crippen molar-refractivity contribution in [3.05, 3.63) is 227 Å². The third-order valence-electron chi connectivity index (χ3n) is 25.4. The number of ether oxygens (including phenoxy) is 3. The van der Waals surface area contributed by atoms with Gasteiger partial charge in [0.15, 0.2) is 0 Å². The van der Waals surface area contributed by atoms with Gasteiger partial charge in [-0.25, -0.2) is 34.0 Å². The Hall–Kier alpha value is -12.6. The number of likely N-dealkylation sites (tertiary alicyclic amines) is 4. The molecule has 0 N–H and O–H groups in total. The van der Waals surface area contributed by atoms with E-state index in [-0.39, 0.29) is 129 Å². The van der Waals surface area contributed by atoms with E-state index in [1.807, 2.05) is 18.0 Å². The van der Waals surface area contributed by atoms with Gasteiger partial charge in [-0.15, -0.1) is 59.9 Å². The standard InChI is InChI=1S/C23H24F3N5O2.C21H18F5N5O.C21H20F3N5O2.C21H19F3N4O2/c1-2-5-14-10-27-22-28-20(29-31(22)11-14)21(32)30-12-16-8-15(9-17(16)13-30)18-6-3-4-7-19(18)33-23(24,25)26;22-20(23,21(24,25)26)16-5-2-1-4-15(16)12-8-13-10-30(11-14(13)9-12)18(32)17-28-19-27-6-3-7-31(19)29-17;1-12-6-7-29-18(26-27-20(29)25-12)19(30)28-10-14-8-13(9-15(14)11-28)16-4-2-3-5-17(16)31-21(22,23)24;22-21(23,24)30-18-5-2-1-4-16(18)13-8-14-11-27(12-15(14)9-13)19(29)17-10-26-20-25-6-3-7-28(17)20/h3-4,6-7,10-11,15-17H,2,5,8-9,12-13H2,1H3;1-7,12-14H,8-11H2;2-7,13-15H,8-11H2,1H3;1-7,10,13-15H,8-9,11-12H2/t15?,16-,17+;12?,13-,14+;2*13?,14-,15+. The summed E-state index contributed by atoms with van der Waals surface area (Å²) in [5.41, 5.74) is 3.10. The van der Waals surface area contributed by atoms with Crippen LogP contribution in [0.1, 0.15) is 170 Å². The van der Waals surface area contributed by atoms with Gasteiger partial charge in [0.1, 0.15) is 22.9 Å². The first-order chi connectivity index (χ1) is 60.1. The van der Waals surface area contributed by atoms with Crippen molar-refractivity contribution in [2.45, 2.75) is 133 Å². The Morgan fingerprint density at radius 3 is 1.25 bits per heavy atom. The van der Waals surface area contributed by atoms with Crippen LogP contribution in [0.5, 0.6) is 17.2 Å². The number of hydrogen-bond donors (Lipinski definition) is 0. The number of imidazole rings is 1. The summed E-state index contributed by atoms with van der Waals surface area (Å²) >= 11 is 0. The van der Waals surface area contributed by atoms with Crippen LogP contribution in [-0.4, -0.2) is 194 Å². The minimum atomic E-state index is -5.66. The van der Waals surface area contributed by atoms with Gasteiger partial charge in [0.05, 0.1) is 6.20 Å². The van der Waals surface area contributed by atoms with Crippen LogP contribution in [0.3, 0.4) is 0 Å². The van der Waals surface area contributed by atoms with Gasteiger partial charge >= 0.3 is 31.2 Å². The van der Waals surface area contributed by atoms with Crippen molar-refractivity contribution in [3.63, 3.8) is 0 Å². The second-order valence-corrected chi connectivity index (χ2v) is 33.4. The van der Waals surface area contributed by atoms with Crippen molar-refractivity contribution in [1.29, 1.82) is 0 Å². The van der Waals surface area contributed by atoms with Gasteiger partial charge in [-0.1, -0.05) is 92.2 Å². The summed E-state index contributed by atoms with van der Waals surface area (Å²) in [7, 11) is 0. The summed E-state index contributed by atoms with van der Waals surface area (Å²) in [5, 5.41) is 16.5. The molecule has 4 saturated heterocycles. The number of aryl methyl sites for hydroxylation is 2. The maximum absolute atomic E-state index is 14.1. The lowest BCUT2D eigenvalue weighted by Crippen LogP contribution is -2.35. The number of carbonyl (C=O) groups excluding carboxylic acids is 4. The molecule has 4 aliphatic carbocycles. The molecule has 12 heterocycles. The van der Waals surface area contributed by atoms with Crippen molar-refractivity contribution >= 4 is 46.7 Å². The van der Waals surface area contributed by atoms with E-state index in [1.165, 1.54) is 47.1 Å². The molecule has 4 saturated carbocycles. The number of rotatable bonds is 14. The van der Waals surface area contributed by atoms with Crippen LogP contribution in [0.25, 0.3) is 23.1 Å². The summed E-state index contributed by atoms with van der Waals surface area (Å²) in [6.45, 7) is 8.09. The number of hydrogen-bond acceptors (Lipinski definition) is 18. The number of halogens is 14. The molecule has 8 aromatic heterocycles. The van der Waals surface area contributed by atoms with Crippen LogP contribution >= 0.6 is 0 Å². The molecule has 660 valence electrons. The second-order valence-electron chi connectivity index (χ2n) is 33.4. The fourth-order valence-corrected chi connectivity index (χ4v) is 20.0. The summed E-state index contributed by atoms with van der Waals surface area (Å²) in [4.78, 5) is 88.2. The predicted octanol–water partition coefficient (Wildman–Crippen LogP) is 15.8. The third kappa shape index (κ3) is 18.1. The Morgan fingerprint density at radius 1 is 0.397 bits per heavy atom. The first kappa shape index (κ1) is 85.6. The smallest absolute Gasteiger partial charge is 0.405 e. The van der Waals surface area contributed by atoms with Crippen LogP contribution < -0.4 is 14.2 Å². The Bertz CT molecular complexity index is 5950. The zero-order valence-corrected chi connectivity index (χ0v) is 67.4. The predicted molar refractivity (Wildman–Crippen MR) is 419 cm³/mol. The average molecular weight is 1760 g/mol. The van der Waals surface area contributed by atoms with Crippen LogP contribution in [0, 0.1) is 54.3 Å². The molecule has 0 spiro atoms. The summed E-state index contributed by atoms with van der Waals surface area (Å²) in [5.74, 6) is -3.25. The number of fused-ring (bicyclic) bond motifs is 8. The highest BCUT2D eigenvalue weighted by molar-refractivity contribution is 5.94. The molecule has 4 unspecified atom stereocenters. The Balaban J connectivity index is 0.000000119. The first-order valence-corrected chi connectivity index (χ1v) is 41.2. The third-order valence-corrected chi connectivity index (χ3v) is 25.4. The van der Waals surface area contributed by atoms with E-state index >= 15 is 0 Å². The topological polar surface area (TPSA) is 268 Å². The van der Waals surface area contributed by atoms with Crippen molar-refractivity contribution in [2.24, 2.45) is 47.3 Å². The van der Waals surface area contributed by atoms with E-state index in [4.69, 9.17) is 0 Å². The minimum absolute atomic E-state index is 0.00389. The molecule has 20 rings (SSSR count). The van der Waals surface area contributed by atoms with Gasteiger partial charge in [-0.05, 0) is 200 Å². The summed E-state index contributed by atoms with van der Waals surface area (Å²) < 4.78 is 201. The average Bonchev–Trinajstić information content (AvgIpc) is 1.52. The largest absolute Gasteiger partial charge is 0.573 e. The molecule has 40 heteroatoms. The van der Waals surface area contributed by atoms with E-state index < -0.39 is 42.7 Å². The van der Waals surface area contributed by atoms with Crippen molar-refractivity contribution < 1.29 is 94.9 Å². The number of alkyl halides is 14. The highest BCUT2D eigenvalue weighted by Crippen LogP contribution is 2.55. The molecular weight excluding hydrogens is 1680 g/mol. The Labute approximate surface area is 708 Å². The zero-order valence-electron chi connectivity index (χ0n) is 67.4. The molecule has 4 amide bonds. The molecule has 0 radical (unpaired) electrons. The highest BCUT2D eigenvalue weighted by atomic mass is 19.4. The van der Waals surface area contributed by atoms with Gasteiger partial charge in [0.2, 0.25) is 23.3 Å². The quantitative estimate of drug-likeness (QED) is 0.0915. The summed E-state index contributed by atoms with van der Waals surface area (Å²) in [6.07, 6.45) is 0.690. The summed E-state index contributed by atoms with van der Waals surface area (Å²) in [6, 6.07) is 29.1. The molecule has 126 heavy (non-hydrogen) atoms. The van der Waals surface area contributed by atoms with Crippen molar-refractivity contribution in [1.82, 2.24) is 92.7 Å². The van der Waals surface area contributed by atoms with E-state index in [2.05, 4.69) is 76.4 Å². The molecule has 4 aliphatic heterocycles. The molecule has 8 aliphatic rings. The van der Waals surface area contributed by atoms with E-state index in [9.17, 15) is 80.6 Å². The van der Waals surface area contributed by atoms with Crippen LogP contribution in [0.2, 0.25) is 0 Å². The molecule has 4 aromatic carbocycles. The normalized spacial score (nSPS) is 23.3. The first-order valence-electron chi connectivity index (χ1n) is 41.2. The molecular formula is C86H81F14N19O7. The lowest BCUT2D eigenvalue weighted by molar-refractivity contribution is -0.289. The fourth-order valence-electron chi connectivity index (χ4n) is 20.0. The highest BCUT2D eigenvalue weighted by Gasteiger charge is 2.60. The van der Waals surface area contributed by atoms with E-state index in [1.54, 1.807) is 138 Å². The van der Waals surface area contributed by atoms with Crippen LogP contribution in [0.4, 0.5) is 61.5 Å². The maximum Gasteiger partial charge on any atom is 0.573 e. The SMILES string of the molecule is CCCc1cnc2nc(C(=O)N3C[C@H]4CC(c5ccccc5OC(F)(F)F)C[C@H]4C3)nn2c1.Cc1ccn2c(C(=O)N3C[C@H]4CC(c5ccccc5OC(F)(F)F)C[C@H]4C3)nnc2n1.O=C(c1cnc2ncccn12)N1C[C@H]2CC(c3ccccc3OC(F)(F)F)C[C@H]2C1.O=C(c1nc2ncccn2n1)N1C[C@H]2CC(c3ccccc3C(F)(F)C(F)(F)F)C[C@H]2C1. The number of benzene rings is 4. The van der Waals surface area contributed by atoms with Crippen LogP contribution in [-0.2, 0) is 12.3 Å². The number of aromatic nitrogens is 15. The fraction of sp³-hybridized carbons (Fsp3) is 0.430. The lowest BCUT2D eigenvalue weighted by atomic mass is 9.88. The molecule has 26 nitrogen and oxygen atoms in total. The molecule has 12 atom stereocenters. The van der Waals surface area contributed by atoms with E-state index in [0.717, 1.165) is 43.0 Å². The van der Waals surface area contributed by atoms with Crippen LogP contribution in [0.15, 0.2) is 165 Å². The molecule has 8 fully saturated rings. The monoisotopic (exact) mass is 1760 g/mol. The maximum atomic E-state index is 14.1.